The van der Waals surface area contributed by atoms with Crippen LogP contribution in [0.1, 0.15) is 23.8 Å². The summed E-state index contributed by atoms with van der Waals surface area (Å²) in [6.45, 7) is 1.81. The highest BCUT2D eigenvalue weighted by molar-refractivity contribution is 5.93. The van der Waals surface area contributed by atoms with Gasteiger partial charge in [0.25, 0.3) is 5.91 Å². The predicted molar refractivity (Wildman–Crippen MR) is 63.8 cm³/mol. The maximum atomic E-state index is 12.0. The molecule has 1 amide bonds. The molecular weight excluding hydrogens is 218 g/mol. The summed E-state index contributed by atoms with van der Waals surface area (Å²) in [6.07, 6.45) is 1.79. The van der Waals surface area contributed by atoms with Gasteiger partial charge in [0, 0.05) is 19.3 Å². The number of anilines is 1. The van der Waals surface area contributed by atoms with Crippen molar-refractivity contribution in [3.63, 3.8) is 0 Å². The van der Waals surface area contributed by atoms with E-state index in [1.54, 1.807) is 19.2 Å². The van der Waals surface area contributed by atoms with Crippen molar-refractivity contribution >= 4 is 11.6 Å². The summed E-state index contributed by atoms with van der Waals surface area (Å²) in [5.41, 5.74) is 3.37. The van der Waals surface area contributed by atoms with Crippen LogP contribution >= 0.6 is 0 Å². The Morgan fingerprint density at radius 2 is 2.47 bits per heavy atom. The Bertz CT molecular complexity index is 440. The van der Waals surface area contributed by atoms with Gasteiger partial charge in [-0.05, 0) is 19.1 Å². The largest absolute Gasteiger partial charge is 0.337 e. The molecule has 90 valence electrons. The Balaban J connectivity index is 2.85. The Morgan fingerprint density at radius 3 is 3.06 bits per heavy atom. The van der Waals surface area contributed by atoms with Crippen molar-refractivity contribution in [1.82, 2.24) is 9.88 Å². The minimum absolute atomic E-state index is 0.149. The third kappa shape index (κ3) is 3.16. The maximum Gasteiger partial charge on any atom is 0.272 e. The second-order valence-electron chi connectivity index (χ2n) is 3.70. The van der Waals surface area contributed by atoms with Crippen LogP contribution in [-0.4, -0.2) is 28.9 Å². The molecule has 6 nitrogen and oxygen atoms in total. The summed E-state index contributed by atoms with van der Waals surface area (Å²) in [5, 5.41) is 8.59. The molecular formula is C11H15N5O. The molecule has 0 fully saturated rings. The van der Waals surface area contributed by atoms with Crippen LogP contribution in [0.3, 0.4) is 0 Å². The molecule has 0 aliphatic carbocycles. The monoisotopic (exact) mass is 233 g/mol. The topological polar surface area (TPSA) is 95.0 Å². The van der Waals surface area contributed by atoms with Gasteiger partial charge in [0.1, 0.15) is 5.69 Å². The van der Waals surface area contributed by atoms with Gasteiger partial charge in [0.2, 0.25) is 0 Å². The van der Waals surface area contributed by atoms with E-state index in [9.17, 15) is 4.79 Å². The molecule has 1 aromatic rings. The Kier molecular flexibility index (Phi) is 4.43. The molecule has 3 N–H and O–H groups in total. The van der Waals surface area contributed by atoms with E-state index in [0.29, 0.717) is 11.4 Å². The molecule has 0 radical (unpaired) electrons. The van der Waals surface area contributed by atoms with Crippen LogP contribution in [0.25, 0.3) is 0 Å². The number of hydrazine groups is 1. The first-order valence-electron chi connectivity index (χ1n) is 5.17. The third-order valence-electron chi connectivity index (χ3n) is 2.51. The molecule has 0 spiro atoms. The van der Waals surface area contributed by atoms with Crippen LogP contribution in [0, 0.1) is 11.3 Å². The normalized spacial score (nSPS) is 11.4. The lowest BCUT2D eigenvalue weighted by atomic mass is 10.2. The highest BCUT2D eigenvalue weighted by atomic mass is 16.2. The van der Waals surface area contributed by atoms with Gasteiger partial charge in [0.05, 0.1) is 18.2 Å². The number of nitrogens with one attached hydrogen (secondary N) is 1. The maximum absolute atomic E-state index is 12.0. The second-order valence-corrected chi connectivity index (χ2v) is 3.70. The smallest absolute Gasteiger partial charge is 0.272 e. The van der Waals surface area contributed by atoms with E-state index in [1.165, 1.54) is 11.1 Å². The first-order chi connectivity index (χ1) is 8.10. The van der Waals surface area contributed by atoms with E-state index in [4.69, 9.17) is 11.1 Å². The molecule has 0 bridgehead atoms. The van der Waals surface area contributed by atoms with Crippen LogP contribution in [0.2, 0.25) is 0 Å². The average molecular weight is 233 g/mol. The molecule has 0 aliphatic heterocycles. The van der Waals surface area contributed by atoms with Gasteiger partial charge in [-0.2, -0.15) is 5.26 Å². The Hall–Kier alpha value is -2.13. The van der Waals surface area contributed by atoms with Crippen LogP contribution in [0.4, 0.5) is 5.69 Å². The molecule has 0 aromatic carbocycles. The Morgan fingerprint density at radius 1 is 1.76 bits per heavy atom. The number of carbonyl (C=O) groups is 1. The first-order valence-corrected chi connectivity index (χ1v) is 5.17. The van der Waals surface area contributed by atoms with Gasteiger partial charge in [-0.15, -0.1) is 0 Å². The molecule has 17 heavy (non-hydrogen) atoms. The summed E-state index contributed by atoms with van der Waals surface area (Å²) in [5.74, 6) is 5.03. The van der Waals surface area contributed by atoms with E-state index >= 15 is 0 Å². The number of carbonyl (C=O) groups excluding carboxylic acids is 1. The number of hydrogen-bond acceptors (Lipinski definition) is 5. The average Bonchev–Trinajstić information content (AvgIpc) is 2.37. The van der Waals surface area contributed by atoms with Gasteiger partial charge in [-0.1, -0.05) is 0 Å². The number of pyridine rings is 1. The lowest BCUT2D eigenvalue weighted by molar-refractivity contribution is 0.0740. The molecule has 6 heteroatoms. The quantitative estimate of drug-likeness (QED) is 0.590. The minimum Gasteiger partial charge on any atom is -0.337 e. The third-order valence-corrected chi connectivity index (χ3v) is 2.51. The fourth-order valence-electron chi connectivity index (χ4n) is 1.29. The van der Waals surface area contributed by atoms with E-state index < -0.39 is 0 Å². The van der Waals surface area contributed by atoms with Crippen molar-refractivity contribution in [3.8, 4) is 6.07 Å². The standard InChI is InChI=1S/C11H15N5O/c1-8(3-5-12)16(2)11(17)10-7-9(15-13)4-6-14-10/h4,6-8H,3,13H2,1-2H3,(H,14,15). The van der Waals surface area contributed by atoms with Crippen molar-refractivity contribution in [2.75, 3.05) is 12.5 Å². The fraction of sp³-hybridized carbons (Fsp3) is 0.364. The molecule has 1 atom stereocenters. The molecule has 0 aliphatic rings. The van der Waals surface area contributed by atoms with Crippen LogP contribution in [-0.2, 0) is 0 Å². The molecule has 1 rings (SSSR count). The summed E-state index contributed by atoms with van der Waals surface area (Å²) in [7, 11) is 1.65. The molecule has 0 saturated heterocycles. The lowest BCUT2D eigenvalue weighted by Gasteiger charge is -2.22. The van der Waals surface area contributed by atoms with Crippen molar-refractivity contribution in [1.29, 1.82) is 5.26 Å². The van der Waals surface area contributed by atoms with E-state index in [-0.39, 0.29) is 18.4 Å². The van der Waals surface area contributed by atoms with Crippen LogP contribution in [0.5, 0.6) is 0 Å². The molecule has 1 unspecified atom stereocenters. The number of rotatable bonds is 4. The zero-order valence-electron chi connectivity index (χ0n) is 9.84. The summed E-state index contributed by atoms with van der Waals surface area (Å²) in [4.78, 5) is 17.5. The molecule has 1 heterocycles. The van der Waals surface area contributed by atoms with Crippen molar-refractivity contribution < 1.29 is 4.79 Å². The number of nitrogens with zero attached hydrogens (tertiary/aromatic N) is 3. The van der Waals surface area contributed by atoms with Gasteiger partial charge < -0.3 is 10.3 Å². The lowest BCUT2D eigenvalue weighted by Crippen LogP contribution is -2.35. The fourth-order valence-corrected chi connectivity index (χ4v) is 1.29. The zero-order valence-corrected chi connectivity index (χ0v) is 9.84. The first kappa shape index (κ1) is 12.9. The van der Waals surface area contributed by atoms with Gasteiger partial charge >= 0.3 is 0 Å². The van der Waals surface area contributed by atoms with E-state index in [0.717, 1.165) is 0 Å². The summed E-state index contributed by atoms with van der Waals surface area (Å²) in [6, 6.07) is 5.11. The van der Waals surface area contributed by atoms with Crippen molar-refractivity contribution in [2.45, 2.75) is 19.4 Å². The highest BCUT2D eigenvalue weighted by Crippen LogP contribution is 2.10. The van der Waals surface area contributed by atoms with Gasteiger partial charge in [-0.3, -0.25) is 15.6 Å². The number of nitriles is 1. The van der Waals surface area contributed by atoms with Gasteiger partial charge in [-0.25, -0.2) is 0 Å². The van der Waals surface area contributed by atoms with Crippen molar-refractivity contribution in [2.24, 2.45) is 5.84 Å². The van der Waals surface area contributed by atoms with E-state index in [2.05, 4.69) is 10.4 Å². The summed E-state index contributed by atoms with van der Waals surface area (Å²) < 4.78 is 0. The summed E-state index contributed by atoms with van der Waals surface area (Å²) >= 11 is 0. The molecule has 1 aromatic heterocycles. The zero-order chi connectivity index (χ0) is 12.8. The van der Waals surface area contributed by atoms with E-state index in [1.807, 2.05) is 13.0 Å². The van der Waals surface area contributed by atoms with Gasteiger partial charge in [0.15, 0.2) is 0 Å². The molecule has 0 saturated carbocycles. The minimum atomic E-state index is -0.232. The number of hydrogen-bond donors (Lipinski definition) is 2. The number of nitrogens with two attached hydrogens (primary N) is 1. The predicted octanol–water partition coefficient (Wildman–Crippen LogP) is 0.741. The number of aromatic nitrogens is 1. The van der Waals surface area contributed by atoms with Crippen LogP contribution in [0.15, 0.2) is 18.3 Å². The van der Waals surface area contributed by atoms with Crippen LogP contribution < -0.4 is 11.3 Å². The highest BCUT2D eigenvalue weighted by Gasteiger charge is 2.18. The number of amides is 1. The SMILES string of the molecule is CC(CC#N)N(C)C(=O)c1cc(NN)ccn1. The second kappa shape index (κ2) is 5.82. The Labute approximate surface area is 100 Å². The number of nitrogen functional groups attached to an aromatic ring is 1. The van der Waals surface area contributed by atoms with Crippen molar-refractivity contribution in [3.05, 3.63) is 24.0 Å².